The molecule has 2 atom stereocenters. The number of rotatable bonds is 5. The highest BCUT2D eigenvalue weighted by molar-refractivity contribution is 6.42. The van der Waals surface area contributed by atoms with E-state index in [0.717, 1.165) is 12.8 Å². The molecule has 0 saturated carbocycles. The molecule has 1 fully saturated rings. The van der Waals surface area contributed by atoms with Crippen molar-refractivity contribution >= 4 is 35.6 Å². The number of pyridine rings is 1. The highest BCUT2D eigenvalue weighted by Crippen LogP contribution is 2.31. The predicted molar refractivity (Wildman–Crippen MR) is 104 cm³/mol. The molecule has 0 bridgehead atoms. The van der Waals surface area contributed by atoms with Gasteiger partial charge in [0.15, 0.2) is 0 Å². The van der Waals surface area contributed by atoms with Crippen LogP contribution in [0, 0.1) is 0 Å². The van der Waals surface area contributed by atoms with Gasteiger partial charge in [-0.3, -0.25) is 0 Å². The van der Waals surface area contributed by atoms with E-state index < -0.39 is 12.1 Å². The first-order valence-corrected chi connectivity index (χ1v) is 8.89. The Labute approximate surface area is 168 Å². The van der Waals surface area contributed by atoms with E-state index in [9.17, 15) is 5.11 Å². The summed E-state index contributed by atoms with van der Waals surface area (Å²) in [5, 5.41) is 11.4. The molecular weight excluding hydrogens is 399 g/mol. The number of benzene rings is 1. The van der Waals surface area contributed by atoms with Crippen LogP contribution in [0.1, 0.15) is 36.1 Å². The third-order valence-electron chi connectivity index (χ3n) is 4.23. The molecule has 8 heteroatoms. The average Bonchev–Trinajstić information content (AvgIpc) is 2.64. The molecule has 0 unspecified atom stereocenters. The number of hydrogen-bond donors (Lipinski definition) is 2. The van der Waals surface area contributed by atoms with Crippen LogP contribution in [-0.4, -0.2) is 29.4 Å². The topological polar surface area (TPSA) is 77.6 Å². The van der Waals surface area contributed by atoms with Gasteiger partial charge in [-0.25, -0.2) is 4.98 Å². The average molecular weight is 420 g/mol. The lowest BCUT2D eigenvalue weighted by atomic mass is 9.98. The summed E-state index contributed by atoms with van der Waals surface area (Å²) < 4.78 is 11.1. The first-order valence-electron chi connectivity index (χ1n) is 8.13. The predicted octanol–water partition coefficient (Wildman–Crippen LogP) is 4.10. The zero-order valence-electron chi connectivity index (χ0n) is 14.0. The molecule has 2 aromatic rings. The van der Waals surface area contributed by atoms with E-state index in [2.05, 4.69) is 4.98 Å². The molecule has 1 aromatic carbocycles. The maximum Gasteiger partial charge on any atom is 0.213 e. The largest absolute Gasteiger partial charge is 0.474 e. The van der Waals surface area contributed by atoms with Gasteiger partial charge < -0.3 is 20.3 Å². The summed E-state index contributed by atoms with van der Waals surface area (Å²) in [6.07, 6.45) is 2.50. The normalized spacial score (nSPS) is 17.2. The molecule has 0 spiro atoms. The van der Waals surface area contributed by atoms with Crippen LogP contribution in [-0.2, 0) is 4.74 Å². The minimum absolute atomic E-state index is 0. The summed E-state index contributed by atoms with van der Waals surface area (Å²) in [4.78, 5) is 4.28. The third kappa shape index (κ3) is 5.22. The zero-order valence-corrected chi connectivity index (χ0v) is 16.3. The van der Waals surface area contributed by atoms with Crippen LogP contribution < -0.4 is 10.5 Å². The van der Waals surface area contributed by atoms with E-state index in [1.54, 1.807) is 36.5 Å². The number of nitrogens with two attached hydrogens (primary N) is 1. The quantitative estimate of drug-likeness (QED) is 0.763. The molecule has 1 aromatic heterocycles. The Kier molecular flexibility index (Phi) is 7.95. The monoisotopic (exact) mass is 418 g/mol. The number of ether oxygens (including phenoxy) is 2. The van der Waals surface area contributed by atoms with Crippen LogP contribution in [0.5, 0.6) is 5.88 Å². The number of hydrogen-bond acceptors (Lipinski definition) is 5. The lowest BCUT2D eigenvalue weighted by Crippen LogP contribution is -2.26. The van der Waals surface area contributed by atoms with Crippen LogP contribution >= 0.6 is 35.6 Å². The Morgan fingerprint density at radius 1 is 1.12 bits per heavy atom. The van der Waals surface area contributed by atoms with Gasteiger partial charge in [0.1, 0.15) is 6.10 Å². The molecule has 0 amide bonds. The minimum Gasteiger partial charge on any atom is -0.474 e. The van der Waals surface area contributed by atoms with Gasteiger partial charge in [0.2, 0.25) is 5.88 Å². The second-order valence-electron chi connectivity index (χ2n) is 6.00. The molecule has 1 saturated heterocycles. The van der Waals surface area contributed by atoms with E-state index in [1.165, 1.54) is 0 Å². The van der Waals surface area contributed by atoms with Crippen molar-refractivity contribution in [3.63, 3.8) is 0 Å². The van der Waals surface area contributed by atoms with Crippen LogP contribution in [0.4, 0.5) is 0 Å². The van der Waals surface area contributed by atoms with Crippen molar-refractivity contribution in [2.75, 3.05) is 13.2 Å². The lowest BCUT2D eigenvalue weighted by Gasteiger charge is -2.23. The Bertz CT molecular complexity index is 709. The number of aliphatic hydroxyl groups excluding tert-OH is 1. The van der Waals surface area contributed by atoms with Crippen LogP contribution in [0.25, 0.3) is 0 Å². The molecule has 2 heterocycles. The summed E-state index contributed by atoms with van der Waals surface area (Å²) >= 11 is 11.9. The fourth-order valence-electron chi connectivity index (χ4n) is 2.71. The fraction of sp³-hybridized carbons (Fsp3) is 0.389. The lowest BCUT2D eigenvalue weighted by molar-refractivity contribution is 0.0237. The SMILES string of the molecule is Cl.N[C@@H](c1ccc(Cl)c(Cl)c1)[C@H](O)c1ccc(OC2CCOCC2)nc1. The third-order valence-corrected chi connectivity index (χ3v) is 4.96. The van der Waals surface area contributed by atoms with Gasteiger partial charge in [-0.05, 0) is 23.8 Å². The highest BCUT2D eigenvalue weighted by atomic mass is 35.5. The molecular formula is C18H21Cl3N2O3. The summed E-state index contributed by atoms with van der Waals surface area (Å²) in [6, 6.07) is 7.94. The summed E-state index contributed by atoms with van der Waals surface area (Å²) in [6.45, 7) is 1.42. The molecule has 3 N–H and O–H groups in total. The Morgan fingerprint density at radius 3 is 2.42 bits per heavy atom. The van der Waals surface area contributed by atoms with E-state index in [0.29, 0.717) is 40.3 Å². The molecule has 1 aliphatic rings. The summed E-state index contributed by atoms with van der Waals surface area (Å²) in [5.74, 6) is 0.533. The van der Waals surface area contributed by atoms with Crippen molar-refractivity contribution < 1.29 is 14.6 Å². The molecule has 142 valence electrons. The van der Waals surface area contributed by atoms with Gasteiger partial charge in [-0.2, -0.15) is 0 Å². The Morgan fingerprint density at radius 2 is 1.81 bits per heavy atom. The van der Waals surface area contributed by atoms with E-state index in [4.69, 9.17) is 38.4 Å². The first-order chi connectivity index (χ1) is 12.0. The van der Waals surface area contributed by atoms with E-state index in [-0.39, 0.29) is 18.5 Å². The van der Waals surface area contributed by atoms with Gasteiger partial charge in [0.25, 0.3) is 0 Å². The van der Waals surface area contributed by atoms with Crippen molar-refractivity contribution in [1.82, 2.24) is 4.98 Å². The second kappa shape index (κ2) is 9.74. The molecule has 5 nitrogen and oxygen atoms in total. The van der Waals surface area contributed by atoms with Gasteiger partial charge in [0, 0.05) is 30.7 Å². The highest BCUT2D eigenvalue weighted by Gasteiger charge is 2.21. The second-order valence-corrected chi connectivity index (χ2v) is 6.82. The molecule has 0 aliphatic carbocycles. The minimum atomic E-state index is -0.915. The van der Waals surface area contributed by atoms with Gasteiger partial charge in [0.05, 0.1) is 35.4 Å². The van der Waals surface area contributed by atoms with Gasteiger partial charge in [-0.1, -0.05) is 29.3 Å². The number of halogens is 3. The van der Waals surface area contributed by atoms with E-state index in [1.807, 2.05) is 0 Å². The van der Waals surface area contributed by atoms with Crippen LogP contribution in [0.3, 0.4) is 0 Å². The van der Waals surface area contributed by atoms with E-state index >= 15 is 0 Å². The maximum atomic E-state index is 10.5. The zero-order chi connectivity index (χ0) is 17.8. The van der Waals surface area contributed by atoms with Crippen molar-refractivity contribution in [2.45, 2.75) is 31.1 Å². The van der Waals surface area contributed by atoms with Gasteiger partial charge >= 0.3 is 0 Å². The van der Waals surface area contributed by atoms with Crippen LogP contribution in [0.2, 0.25) is 10.0 Å². The van der Waals surface area contributed by atoms with Crippen LogP contribution in [0.15, 0.2) is 36.5 Å². The summed E-state index contributed by atoms with van der Waals surface area (Å²) in [5.41, 5.74) is 7.46. The Hall–Kier alpha value is -1.08. The molecule has 3 rings (SSSR count). The van der Waals surface area contributed by atoms with Crippen molar-refractivity contribution in [1.29, 1.82) is 0 Å². The van der Waals surface area contributed by atoms with Crippen molar-refractivity contribution in [3.8, 4) is 5.88 Å². The molecule has 0 radical (unpaired) electrons. The smallest absolute Gasteiger partial charge is 0.213 e. The number of nitrogens with zero attached hydrogens (tertiary/aromatic N) is 1. The molecule has 1 aliphatic heterocycles. The number of aliphatic hydroxyl groups is 1. The molecule has 26 heavy (non-hydrogen) atoms. The first kappa shape index (κ1) is 21.2. The fourth-order valence-corrected chi connectivity index (χ4v) is 3.02. The van der Waals surface area contributed by atoms with Gasteiger partial charge in [-0.15, -0.1) is 12.4 Å². The van der Waals surface area contributed by atoms with Crippen molar-refractivity contribution in [2.24, 2.45) is 5.73 Å². The summed E-state index contributed by atoms with van der Waals surface area (Å²) in [7, 11) is 0. The maximum absolute atomic E-state index is 10.5. The van der Waals surface area contributed by atoms with Crippen molar-refractivity contribution in [3.05, 3.63) is 57.7 Å². The Balaban J connectivity index is 0.00000243. The standard InChI is InChI=1S/C18H20Cl2N2O3.ClH/c19-14-3-1-11(9-15(14)20)17(21)18(23)12-2-4-16(22-10-12)25-13-5-7-24-8-6-13;/h1-4,9-10,13,17-18,23H,5-8,21H2;1H/t17-,18+;/m0./s1. The number of aromatic nitrogens is 1.